The molecule has 0 spiro atoms. The summed E-state index contributed by atoms with van der Waals surface area (Å²) in [5, 5.41) is 3.25. The summed E-state index contributed by atoms with van der Waals surface area (Å²) in [5.41, 5.74) is 10.3. The van der Waals surface area contributed by atoms with Crippen molar-refractivity contribution in [3.05, 3.63) is 34.9 Å². The molecule has 2 nitrogen and oxygen atoms in total. The van der Waals surface area contributed by atoms with Gasteiger partial charge in [-0.3, -0.25) is 0 Å². The summed E-state index contributed by atoms with van der Waals surface area (Å²) < 4.78 is 0. The van der Waals surface area contributed by atoms with Gasteiger partial charge in [0.15, 0.2) is 0 Å². The van der Waals surface area contributed by atoms with E-state index in [9.17, 15) is 0 Å². The van der Waals surface area contributed by atoms with Crippen LogP contribution in [0, 0.1) is 25.7 Å². The highest BCUT2D eigenvalue weighted by atomic mass is 14.8. The Morgan fingerprint density at radius 2 is 1.88 bits per heavy atom. The van der Waals surface area contributed by atoms with Gasteiger partial charge in [-0.05, 0) is 50.4 Å². The Bertz CT molecular complexity index is 358. The zero-order chi connectivity index (χ0) is 13.0. The van der Waals surface area contributed by atoms with Gasteiger partial charge >= 0.3 is 0 Å². The third-order valence-electron chi connectivity index (χ3n) is 3.55. The number of nitrogens with two attached hydrogens (primary N) is 1. The average Bonchev–Trinajstić information content (AvgIpc) is 2.28. The Balaban J connectivity index is 2.99. The number of hydrogen-bond donors (Lipinski definition) is 2. The third kappa shape index (κ3) is 3.55. The van der Waals surface area contributed by atoms with E-state index in [1.807, 2.05) is 7.05 Å². The number of benzene rings is 1. The van der Waals surface area contributed by atoms with Crippen LogP contribution >= 0.6 is 0 Å². The fourth-order valence-electron chi connectivity index (χ4n) is 2.36. The van der Waals surface area contributed by atoms with Crippen LogP contribution in [-0.2, 0) is 0 Å². The molecule has 0 aliphatic rings. The highest BCUT2D eigenvalue weighted by Crippen LogP contribution is 2.28. The first-order chi connectivity index (χ1) is 7.97. The minimum absolute atomic E-state index is 0.113. The molecule has 0 radical (unpaired) electrons. The number of nitrogens with one attached hydrogen (secondary N) is 1. The molecule has 0 aromatic heterocycles. The zero-order valence-electron chi connectivity index (χ0n) is 11.7. The van der Waals surface area contributed by atoms with E-state index in [1.54, 1.807) is 0 Å². The van der Waals surface area contributed by atoms with Gasteiger partial charge in [0.1, 0.15) is 0 Å². The lowest BCUT2D eigenvalue weighted by atomic mass is 9.83. The average molecular weight is 234 g/mol. The quantitative estimate of drug-likeness (QED) is 0.822. The van der Waals surface area contributed by atoms with Crippen LogP contribution in [0.3, 0.4) is 0 Å². The van der Waals surface area contributed by atoms with Crippen molar-refractivity contribution in [1.82, 2.24) is 5.32 Å². The maximum Gasteiger partial charge on any atom is 0.0340 e. The van der Waals surface area contributed by atoms with Crippen LogP contribution in [0.25, 0.3) is 0 Å². The monoisotopic (exact) mass is 234 g/mol. The lowest BCUT2D eigenvalue weighted by molar-refractivity contribution is 0.313. The molecular weight excluding hydrogens is 208 g/mol. The Labute approximate surface area is 106 Å². The van der Waals surface area contributed by atoms with Gasteiger partial charge in [-0.15, -0.1) is 0 Å². The highest BCUT2D eigenvalue weighted by Gasteiger charge is 2.23. The molecule has 1 rings (SSSR count). The summed E-state index contributed by atoms with van der Waals surface area (Å²) in [6, 6.07) is 6.66. The van der Waals surface area contributed by atoms with Crippen LogP contribution in [-0.4, -0.2) is 13.6 Å². The van der Waals surface area contributed by atoms with Gasteiger partial charge in [0.2, 0.25) is 0 Å². The molecule has 0 aliphatic carbocycles. The van der Waals surface area contributed by atoms with Crippen molar-refractivity contribution in [1.29, 1.82) is 0 Å². The van der Waals surface area contributed by atoms with Crippen LogP contribution in [0.15, 0.2) is 18.2 Å². The second kappa shape index (κ2) is 6.18. The van der Waals surface area contributed by atoms with Crippen LogP contribution < -0.4 is 11.1 Å². The van der Waals surface area contributed by atoms with E-state index < -0.39 is 0 Å². The first-order valence-electron chi connectivity index (χ1n) is 6.44. The first-order valence-corrected chi connectivity index (χ1v) is 6.44. The van der Waals surface area contributed by atoms with E-state index in [-0.39, 0.29) is 6.04 Å². The van der Waals surface area contributed by atoms with Crippen molar-refractivity contribution in [2.24, 2.45) is 17.6 Å². The number of aryl methyl sites for hydroxylation is 2. The fourth-order valence-corrected chi connectivity index (χ4v) is 2.36. The second-order valence-corrected chi connectivity index (χ2v) is 5.35. The second-order valence-electron chi connectivity index (χ2n) is 5.35. The van der Waals surface area contributed by atoms with Crippen LogP contribution in [0.1, 0.15) is 36.6 Å². The Morgan fingerprint density at radius 1 is 1.24 bits per heavy atom. The molecule has 1 aromatic carbocycles. The standard InChI is InChI=1S/C15H26N2/c1-10(2)14(9-17-5)15(16)13-8-11(3)6-7-12(13)4/h6-8,10,14-15,17H,9,16H2,1-5H3. The molecule has 0 bridgehead atoms. The van der Waals surface area contributed by atoms with Gasteiger partial charge in [-0.1, -0.05) is 37.6 Å². The first kappa shape index (κ1) is 14.2. The van der Waals surface area contributed by atoms with E-state index in [4.69, 9.17) is 5.73 Å². The van der Waals surface area contributed by atoms with E-state index in [2.05, 4.69) is 51.2 Å². The molecular formula is C15H26N2. The molecule has 0 aliphatic heterocycles. The summed E-state index contributed by atoms with van der Waals surface area (Å²) in [6.07, 6.45) is 0. The number of hydrogen-bond acceptors (Lipinski definition) is 2. The highest BCUT2D eigenvalue weighted by molar-refractivity contribution is 5.33. The Kier molecular flexibility index (Phi) is 5.16. The van der Waals surface area contributed by atoms with Crippen LogP contribution in [0.5, 0.6) is 0 Å². The fraction of sp³-hybridized carbons (Fsp3) is 0.600. The summed E-state index contributed by atoms with van der Waals surface area (Å²) >= 11 is 0. The molecule has 0 fully saturated rings. The van der Waals surface area contributed by atoms with E-state index in [0.717, 1.165) is 6.54 Å². The van der Waals surface area contributed by atoms with E-state index >= 15 is 0 Å². The minimum atomic E-state index is 0.113. The van der Waals surface area contributed by atoms with Gasteiger partial charge in [0, 0.05) is 6.04 Å². The van der Waals surface area contributed by atoms with Gasteiger partial charge in [0.25, 0.3) is 0 Å². The third-order valence-corrected chi connectivity index (χ3v) is 3.55. The maximum absolute atomic E-state index is 6.46. The van der Waals surface area contributed by atoms with Crippen molar-refractivity contribution >= 4 is 0 Å². The smallest absolute Gasteiger partial charge is 0.0340 e. The summed E-state index contributed by atoms with van der Waals surface area (Å²) in [5.74, 6) is 1.05. The molecule has 0 saturated heterocycles. The summed E-state index contributed by atoms with van der Waals surface area (Å²) in [7, 11) is 1.99. The van der Waals surface area contributed by atoms with Crippen molar-refractivity contribution in [2.45, 2.75) is 33.7 Å². The molecule has 2 unspecified atom stereocenters. The predicted molar refractivity (Wildman–Crippen MR) is 75.1 cm³/mol. The van der Waals surface area contributed by atoms with Gasteiger partial charge in [-0.25, -0.2) is 0 Å². The summed E-state index contributed by atoms with van der Waals surface area (Å²) in [4.78, 5) is 0. The van der Waals surface area contributed by atoms with E-state index in [0.29, 0.717) is 11.8 Å². The molecule has 3 N–H and O–H groups in total. The normalized spacial score (nSPS) is 15.0. The lowest BCUT2D eigenvalue weighted by Crippen LogP contribution is -2.33. The predicted octanol–water partition coefficient (Wildman–Crippen LogP) is 2.79. The SMILES string of the molecule is CNCC(C(C)C)C(N)c1cc(C)ccc1C. The summed E-state index contributed by atoms with van der Waals surface area (Å²) in [6.45, 7) is 9.72. The van der Waals surface area contributed by atoms with Crippen LogP contribution in [0.4, 0.5) is 0 Å². The number of rotatable bonds is 5. The van der Waals surface area contributed by atoms with Crippen molar-refractivity contribution in [2.75, 3.05) is 13.6 Å². The molecule has 0 heterocycles. The Morgan fingerprint density at radius 3 is 2.41 bits per heavy atom. The van der Waals surface area contributed by atoms with Crippen LogP contribution in [0.2, 0.25) is 0 Å². The Hall–Kier alpha value is -0.860. The zero-order valence-corrected chi connectivity index (χ0v) is 11.7. The van der Waals surface area contributed by atoms with E-state index in [1.165, 1.54) is 16.7 Å². The topological polar surface area (TPSA) is 38.0 Å². The molecule has 96 valence electrons. The van der Waals surface area contributed by atoms with Gasteiger partial charge in [-0.2, -0.15) is 0 Å². The molecule has 17 heavy (non-hydrogen) atoms. The molecule has 2 heteroatoms. The molecule has 0 amide bonds. The molecule has 2 atom stereocenters. The van der Waals surface area contributed by atoms with Crippen molar-refractivity contribution in [3.63, 3.8) is 0 Å². The van der Waals surface area contributed by atoms with Crippen molar-refractivity contribution in [3.8, 4) is 0 Å². The molecule has 0 saturated carbocycles. The van der Waals surface area contributed by atoms with Crippen molar-refractivity contribution < 1.29 is 0 Å². The molecule has 1 aromatic rings. The largest absolute Gasteiger partial charge is 0.324 e. The minimum Gasteiger partial charge on any atom is -0.324 e. The maximum atomic E-state index is 6.46. The van der Waals surface area contributed by atoms with Gasteiger partial charge < -0.3 is 11.1 Å². The van der Waals surface area contributed by atoms with Gasteiger partial charge in [0.05, 0.1) is 0 Å². The lowest BCUT2D eigenvalue weighted by Gasteiger charge is -2.28.